The van der Waals surface area contributed by atoms with Crippen LogP contribution in [0.2, 0.25) is 0 Å². The number of nitrogens with two attached hydrogens (primary N) is 1. The molecule has 0 amide bonds. The largest absolute Gasteiger partial charge is 0.365 e. The predicted octanol–water partition coefficient (Wildman–Crippen LogP) is 0.0690. The number of nitrogens with zero attached hydrogens (tertiary/aromatic N) is 2. The molecule has 8 nitrogen and oxygen atoms in total. The topological polar surface area (TPSA) is 128 Å². The lowest BCUT2D eigenvalue weighted by molar-refractivity contribution is -0.384. The molecule has 1 rings (SSSR count). The van der Waals surface area contributed by atoms with E-state index in [9.17, 15) is 18.5 Å². The average Bonchev–Trinajstić information content (AvgIpc) is 2.16. The van der Waals surface area contributed by atoms with Crippen LogP contribution in [-0.4, -0.2) is 24.9 Å². The number of anilines is 1. The molecule has 88 valence electrons. The first-order valence-corrected chi connectivity index (χ1v) is 5.82. The first-order chi connectivity index (χ1) is 7.36. The number of hydrogen-bond acceptors (Lipinski definition) is 6. The number of primary sulfonamides is 1. The summed E-state index contributed by atoms with van der Waals surface area (Å²) in [5, 5.41) is 18.2. The molecule has 0 fully saturated rings. The molecule has 0 radical (unpaired) electrons. The molecule has 1 heterocycles. The Bertz CT molecular complexity index is 513. The van der Waals surface area contributed by atoms with Crippen molar-refractivity contribution in [2.45, 2.75) is 11.8 Å². The Labute approximate surface area is 91.7 Å². The van der Waals surface area contributed by atoms with E-state index in [-0.39, 0.29) is 10.7 Å². The van der Waals surface area contributed by atoms with E-state index in [1.807, 2.05) is 0 Å². The highest BCUT2D eigenvalue weighted by Gasteiger charge is 2.19. The summed E-state index contributed by atoms with van der Waals surface area (Å²) in [6.45, 7) is 2.17. The summed E-state index contributed by atoms with van der Waals surface area (Å²) in [5.41, 5.74) is -0.423. The van der Waals surface area contributed by atoms with Gasteiger partial charge in [-0.15, -0.1) is 0 Å². The van der Waals surface area contributed by atoms with Gasteiger partial charge in [0.15, 0.2) is 0 Å². The highest BCUT2D eigenvalue weighted by atomic mass is 32.2. The smallest absolute Gasteiger partial charge is 0.312 e. The van der Waals surface area contributed by atoms with E-state index in [0.29, 0.717) is 6.54 Å². The molecule has 1 aromatic heterocycles. The summed E-state index contributed by atoms with van der Waals surface area (Å²) in [4.78, 5) is 13.2. The fourth-order valence-electron chi connectivity index (χ4n) is 1.03. The molecule has 0 aliphatic rings. The standard InChI is InChI=1S/C7H10N4O4S/c1-2-9-7-6(11(12)13)3-5(4-10-7)16(8,14)15/h3-4H,2H2,1H3,(H,9,10)(H2,8,14,15). The van der Waals surface area contributed by atoms with Crippen LogP contribution in [0, 0.1) is 10.1 Å². The minimum Gasteiger partial charge on any atom is -0.365 e. The number of pyridine rings is 1. The first-order valence-electron chi connectivity index (χ1n) is 4.27. The van der Waals surface area contributed by atoms with Crippen molar-refractivity contribution >= 4 is 21.5 Å². The maximum atomic E-state index is 11.0. The van der Waals surface area contributed by atoms with Gasteiger partial charge in [0.2, 0.25) is 15.8 Å². The van der Waals surface area contributed by atoms with Crippen molar-refractivity contribution in [3.8, 4) is 0 Å². The summed E-state index contributed by atoms with van der Waals surface area (Å²) in [5.74, 6) is 0.0138. The molecule has 0 atom stereocenters. The van der Waals surface area contributed by atoms with Gasteiger partial charge in [-0.2, -0.15) is 0 Å². The number of rotatable bonds is 4. The van der Waals surface area contributed by atoms with Crippen molar-refractivity contribution in [1.29, 1.82) is 0 Å². The Kier molecular flexibility index (Phi) is 3.40. The zero-order chi connectivity index (χ0) is 12.3. The Balaban J connectivity index is 3.34. The van der Waals surface area contributed by atoms with Crippen molar-refractivity contribution in [3.05, 3.63) is 22.4 Å². The second kappa shape index (κ2) is 4.41. The van der Waals surface area contributed by atoms with E-state index in [1.165, 1.54) is 0 Å². The highest BCUT2D eigenvalue weighted by Crippen LogP contribution is 2.23. The molecule has 0 saturated carbocycles. The molecule has 3 N–H and O–H groups in total. The Morgan fingerprint density at radius 1 is 1.62 bits per heavy atom. The van der Waals surface area contributed by atoms with Crippen molar-refractivity contribution in [2.24, 2.45) is 5.14 Å². The molecule has 0 spiro atoms. The lowest BCUT2D eigenvalue weighted by Crippen LogP contribution is -2.13. The number of sulfonamides is 1. The van der Waals surface area contributed by atoms with Crippen molar-refractivity contribution in [1.82, 2.24) is 4.98 Å². The minimum atomic E-state index is -3.99. The summed E-state index contributed by atoms with van der Waals surface area (Å²) in [6.07, 6.45) is 0.973. The van der Waals surface area contributed by atoms with E-state index in [4.69, 9.17) is 5.14 Å². The molecular formula is C7H10N4O4S. The predicted molar refractivity (Wildman–Crippen MR) is 56.4 cm³/mol. The zero-order valence-corrected chi connectivity index (χ0v) is 9.19. The van der Waals surface area contributed by atoms with Gasteiger partial charge >= 0.3 is 5.69 Å². The first kappa shape index (κ1) is 12.3. The van der Waals surface area contributed by atoms with Crippen LogP contribution < -0.4 is 10.5 Å². The zero-order valence-electron chi connectivity index (χ0n) is 8.37. The molecule has 0 aliphatic carbocycles. The molecule has 0 aromatic carbocycles. The molecule has 0 unspecified atom stereocenters. The van der Waals surface area contributed by atoms with Crippen LogP contribution in [0.5, 0.6) is 0 Å². The molecule has 9 heteroatoms. The van der Waals surface area contributed by atoms with Gasteiger partial charge in [0.05, 0.1) is 4.92 Å². The van der Waals surface area contributed by atoms with Gasteiger partial charge in [-0.3, -0.25) is 10.1 Å². The lowest BCUT2D eigenvalue weighted by Gasteiger charge is -2.04. The molecule has 0 aliphatic heterocycles. The van der Waals surface area contributed by atoms with E-state index in [0.717, 1.165) is 12.3 Å². The van der Waals surface area contributed by atoms with Gasteiger partial charge in [-0.05, 0) is 6.92 Å². The molecule has 16 heavy (non-hydrogen) atoms. The third-order valence-electron chi connectivity index (χ3n) is 1.71. The van der Waals surface area contributed by atoms with Crippen LogP contribution >= 0.6 is 0 Å². The summed E-state index contributed by atoms with van der Waals surface area (Å²) in [6, 6.07) is 0.875. The van der Waals surface area contributed by atoms with Crippen LogP contribution in [0.15, 0.2) is 17.2 Å². The number of hydrogen-bond donors (Lipinski definition) is 2. The van der Waals surface area contributed by atoms with Gasteiger partial charge in [-0.1, -0.05) is 0 Å². The van der Waals surface area contributed by atoms with Gasteiger partial charge in [-0.25, -0.2) is 18.5 Å². The minimum absolute atomic E-state index is 0.0138. The van der Waals surface area contributed by atoms with Crippen molar-refractivity contribution in [3.63, 3.8) is 0 Å². The Morgan fingerprint density at radius 2 is 2.25 bits per heavy atom. The third kappa shape index (κ3) is 2.64. The van der Waals surface area contributed by atoms with Gasteiger partial charge in [0.1, 0.15) is 4.90 Å². The lowest BCUT2D eigenvalue weighted by atomic mass is 10.4. The van der Waals surface area contributed by atoms with E-state index < -0.39 is 20.6 Å². The Hall–Kier alpha value is -1.74. The van der Waals surface area contributed by atoms with Gasteiger partial charge in [0, 0.05) is 18.8 Å². The van der Waals surface area contributed by atoms with E-state index in [1.54, 1.807) is 6.92 Å². The summed E-state index contributed by atoms with van der Waals surface area (Å²) < 4.78 is 21.9. The maximum Gasteiger partial charge on any atom is 0.312 e. The molecule has 0 saturated heterocycles. The fourth-order valence-corrected chi connectivity index (χ4v) is 1.51. The van der Waals surface area contributed by atoms with Gasteiger partial charge < -0.3 is 5.32 Å². The fraction of sp³-hybridized carbons (Fsp3) is 0.286. The van der Waals surface area contributed by atoms with Crippen LogP contribution in [0.4, 0.5) is 11.5 Å². The summed E-state index contributed by atoms with van der Waals surface area (Å²) >= 11 is 0. The Morgan fingerprint density at radius 3 is 2.69 bits per heavy atom. The van der Waals surface area contributed by atoms with E-state index >= 15 is 0 Å². The van der Waals surface area contributed by atoms with Crippen LogP contribution in [-0.2, 0) is 10.0 Å². The number of nitrogens with one attached hydrogen (secondary N) is 1. The van der Waals surface area contributed by atoms with E-state index in [2.05, 4.69) is 10.3 Å². The highest BCUT2D eigenvalue weighted by molar-refractivity contribution is 7.89. The van der Waals surface area contributed by atoms with Crippen molar-refractivity contribution < 1.29 is 13.3 Å². The molecule has 1 aromatic rings. The third-order valence-corrected chi connectivity index (χ3v) is 2.59. The SMILES string of the molecule is CCNc1ncc(S(N)(=O)=O)cc1[N+](=O)[O-]. The van der Waals surface area contributed by atoms with Crippen LogP contribution in [0.3, 0.4) is 0 Å². The quantitative estimate of drug-likeness (QED) is 0.571. The normalized spacial score (nSPS) is 11.1. The summed E-state index contributed by atoms with van der Waals surface area (Å²) in [7, 11) is -3.99. The van der Waals surface area contributed by atoms with Crippen LogP contribution in [0.25, 0.3) is 0 Å². The molecular weight excluding hydrogens is 236 g/mol. The average molecular weight is 246 g/mol. The van der Waals surface area contributed by atoms with Crippen molar-refractivity contribution in [2.75, 3.05) is 11.9 Å². The van der Waals surface area contributed by atoms with Crippen LogP contribution in [0.1, 0.15) is 6.92 Å². The second-order valence-electron chi connectivity index (χ2n) is 2.87. The number of nitro groups is 1. The number of aromatic nitrogens is 1. The molecule has 0 bridgehead atoms. The van der Waals surface area contributed by atoms with Gasteiger partial charge in [0.25, 0.3) is 0 Å². The second-order valence-corrected chi connectivity index (χ2v) is 4.43. The monoisotopic (exact) mass is 246 g/mol. The maximum absolute atomic E-state index is 11.0.